The van der Waals surface area contributed by atoms with E-state index in [1.165, 1.54) is 6.07 Å². The molecule has 0 heterocycles. The van der Waals surface area contributed by atoms with Crippen LogP contribution in [0.2, 0.25) is 5.02 Å². The average molecular weight is 287 g/mol. The van der Waals surface area contributed by atoms with Crippen LogP contribution in [0.1, 0.15) is 33.3 Å². The van der Waals surface area contributed by atoms with Crippen LogP contribution >= 0.6 is 11.6 Å². The number of likely N-dealkylation sites (N-methyl/N-ethyl adjacent to an activating group) is 1. The monoisotopic (exact) mass is 286 g/mol. The van der Waals surface area contributed by atoms with Crippen LogP contribution in [0.3, 0.4) is 0 Å². The number of hydrogen-bond acceptors (Lipinski definition) is 2. The van der Waals surface area contributed by atoms with Gasteiger partial charge in [0.2, 0.25) is 0 Å². The zero-order valence-electron chi connectivity index (χ0n) is 12.2. The molecule has 2 nitrogen and oxygen atoms in total. The Morgan fingerprint density at radius 3 is 2.37 bits per heavy atom. The van der Waals surface area contributed by atoms with Gasteiger partial charge in [-0.05, 0) is 51.1 Å². The summed E-state index contributed by atoms with van der Waals surface area (Å²) in [7, 11) is 0. The van der Waals surface area contributed by atoms with Crippen molar-refractivity contribution < 1.29 is 4.39 Å². The molecule has 1 aromatic carbocycles. The maximum Gasteiger partial charge on any atom is 0.141 e. The SMILES string of the molecule is CCN(CC)C(C)(C)C(N)Cc1ccc(F)c(Cl)c1. The van der Waals surface area contributed by atoms with Gasteiger partial charge in [0.1, 0.15) is 5.82 Å². The van der Waals surface area contributed by atoms with E-state index < -0.39 is 0 Å². The molecular weight excluding hydrogens is 263 g/mol. The maximum absolute atomic E-state index is 13.1. The molecular formula is C15H24ClFN2. The van der Waals surface area contributed by atoms with Crippen LogP contribution in [0.25, 0.3) is 0 Å². The van der Waals surface area contributed by atoms with E-state index in [4.69, 9.17) is 17.3 Å². The minimum atomic E-state index is -0.387. The molecule has 1 rings (SSSR count). The fraction of sp³-hybridized carbons (Fsp3) is 0.600. The Morgan fingerprint density at radius 1 is 1.32 bits per heavy atom. The quantitative estimate of drug-likeness (QED) is 0.868. The summed E-state index contributed by atoms with van der Waals surface area (Å²) in [5, 5.41) is 0.158. The van der Waals surface area contributed by atoms with Gasteiger partial charge < -0.3 is 5.73 Å². The molecule has 2 N–H and O–H groups in total. The van der Waals surface area contributed by atoms with E-state index in [-0.39, 0.29) is 22.4 Å². The molecule has 0 amide bonds. The first-order chi connectivity index (χ1) is 8.82. The summed E-state index contributed by atoms with van der Waals surface area (Å²) in [5.74, 6) is -0.387. The van der Waals surface area contributed by atoms with Crippen LogP contribution in [0.15, 0.2) is 18.2 Å². The lowest BCUT2D eigenvalue weighted by molar-refractivity contribution is 0.106. The normalized spacial score (nSPS) is 13.9. The first-order valence-corrected chi connectivity index (χ1v) is 7.15. The molecule has 0 aliphatic carbocycles. The van der Waals surface area contributed by atoms with E-state index in [1.54, 1.807) is 12.1 Å². The van der Waals surface area contributed by atoms with Crippen molar-refractivity contribution in [2.45, 2.75) is 45.7 Å². The summed E-state index contributed by atoms with van der Waals surface area (Å²) < 4.78 is 13.1. The fourth-order valence-electron chi connectivity index (χ4n) is 2.44. The highest BCUT2D eigenvalue weighted by Crippen LogP contribution is 2.22. The van der Waals surface area contributed by atoms with Crippen molar-refractivity contribution in [3.05, 3.63) is 34.6 Å². The largest absolute Gasteiger partial charge is 0.326 e. The van der Waals surface area contributed by atoms with Crippen LogP contribution in [-0.2, 0) is 6.42 Å². The summed E-state index contributed by atoms with van der Waals surface area (Å²) >= 11 is 5.80. The third-order valence-electron chi connectivity index (χ3n) is 3.93. The van der Waals surface area contributed by atoms with E-state index in [2.05, 4.69) is 32.6 Å². The minimum absolute atomic E-state index is 0.0334. The second-order valence-electron chi connectivity index (χ2n) is 5.39. The Bertz CT molecular complexity index is 417. The molecule has 0 bridgehead atoms. The van der Waals surface area contributed by atoms with E-state index >= 15 is 0 Å². The summed E-state index contributed by atoms with van der Waals surface area (Å²) in [6, 6.07) is 4.78. The van der Waals surface area contributed by atoms with Gasteiger partial charge in [0.15, 0.2) is 0 Å². The molecule has 0 fully saturated rings. The van der Waals surface area contributed by atoms with E-state index in [9.17, 15) is 4.39 Å². The molecule has 1 aromatic rings. The lowest BCUT2D eigenvalue weighted by Crippen LogP contribution is -2.56. The highest BCUT2D eigenvalue weighted by molar-refractivity contribution is 6.30. The van der Waals surface area contributed by atoms with E-state index in [0.29, 0.717) is 6.42 Å². The van der Waals surface area contributed by atoms with Crippen molar-refractivity contribution in [2.24, 2.45) is 5.73 Å². The van der Waals surface area contributed by atoms with Crippen molar-refractivity contribution in [1.82, 2.24) is 4.90 Å². The predicted molar refractivity (Wildman–Crippen MR) is 80.1 cm³/mol. The third-order valence-corrected chi connectivity index (χ3v) is 4.22. The molecule has 4 heteroatoms. The van der Waals surface area contributed by atoms with Gasteiger partial charge in [-0.25, -0.2) is 4.39 Å². The van der Waals surface area contributed by atoms with Gasteiger partial charge in [-0.2, -0.15) is 0 Å². The summed E-state index contributed by atoms with van der Waals surface area (Å²) in [4.78, 5) is 2.34. The molecule has 108 valence electrons. The number of nitrogens with zero attached hydrogens (tertiary/aromatic N) is 1. The van der Waals surface area contributed by atoms with Gasteiger partial charge in [0.25, 0.3) is 0 Å². The Labute approximate surface area is 120 Å². The number of halogens is 2. The molecule has 0 radical (unpaired) electrons. The highest BCUT2D eigenvalue weighted by Gasteiger charge is 2.31. The lowest BCUT2D eigenvalue weighted by atomic mass is 9.88. The van der Waals surface area contributed by atoms with Crippen molar-refractivity contribution in [3.63, 3.8) is 0 Å². The van der Waals surface area contributed by atoms with Crippen LogP contribution in [0.4, 0.5) is 4.39 Å². The van der Waals surface area contributed by atoms with Crippen molar-refractivity contribution in [2.75, 3.05) is 13.1 Å². The fourth-order valence-corrected chi connectivity index (χ4v) is 2.65. The molecule has 1 unspecified atom stereocenters. The molecule has 0 aromatic heterocycles. The second-order valence-corrected chi connectivity index (χ2v) is 5.79. The summed E-state index contributed by atoms with van der Waals surface area (Å²) in [6.45, 7) is 10.5. The van der Waals surface area contributed by atoms with Crippen LogP contribution in [-0.4, -0.2) is 29.6 Å². The maximum atomic E-state index is 13.1. The van der Waals surface area contributed by atoms with Crippen LogP contribution in [0, 0.1) is 5.82 Å². The van der Waals surface area contributed by atoms with Gasteiger partial charge in [0.05, 0.1) is 5.02 Å². The summed E-state index contributed by atoms with van der Waals surface area (Å²) in [5.41, 5.74) is 7.21. The summed E-state index contributed by atoms with van der Waals surface area (Å²) in [6.07, 6.45) is 0.684. The Balaban J connectivity index is 2.83. The van der Waals surface area contributed by atoms with Crippen LogP contribution in [0.5, 0.6) is 0 Å². The third kappa shape index (κ3) is 3.91. The molecule has 0 aliphatic rings. The van der Waals surface area contributed by atoms with Crippen molar-refractivity contribution >= 4 is 11.6 Å². The van der Waals surface area contributed by atoms with Gasteiger partial charge in [-0.1, -0.05) is 31.5 Å². The molecule has 0 aliphatic heterocycles. The number of rotatable bonds is 6. The zero-order chi connectivity index (χ0) is 14.6. The number of nitrogens with two attached hydrogens (primary N) is 1. The number of benzene rings is 1. The topological polar surface area (TPSA) is 29.3 Å². The smallest absolute Gasteiger partial charge is 0.141 e. The first-order valence-electron chi connectivity index (χ1n) is 6.77. The van der Waals surface area contributed by atoms with Crippen molar-refractivity contribution in [3.8, 4) is 0 Å². The van der Waals surface area contributed by atoms with E-state index in [1.807, 2.05) is 0 Å². The van der Waals surface area contributed by atoms with E-state index in [0.717, 1.165) is 18.7 Å². The molecule has 0 saturated carbocycles. The molecule has 19 heavy (non-hydrogen) atoms. The first kappa shape index (κ1) is 16.4. The highest BCUT2D eigenvalue weighted by atomic mass is 35.5. The Hall–Kier alpha value is -0.640. The van der Waals surface area contributed by atoms with Crippen LogP contribution < -0.4 is 5.73 Å². The van der Waals surface area contributed by atoms with Gasteiger partial charge >= 0.3 is 0 Å². The minimum Gasteiger partial charge on any atom is -0.326 e. The molecule has 0 spiro atoms. The lowest BCUT2D eigenvalue weighted by Gasteiger charge is -2.42. The predicted octanol–water partition coefficient (Wildman–Crippen LogP) is 3.47. The average Bonchev–Trinajstić information content (AvgIpc) is 2.35. The number of hydrogen-bond donors (Lipinski definition) is 1. The molecule has 1 atom stereocenters. The standard InChI is InChI=1S/C15H24ClFN2/c1-5-19(6-2)15(3,4)14(18)10-11-7-8-13(17)12(16)9-11/h7-9,14H,5-6,10,18H2,1-4H3. The van der Waals surface area contributed by atoms with Gasteiger partial charge in [0, 0.05) is 11.6 Å². The Kier molecular flexibility index (Phi) is 5.78. The molecule has 0 saturated heterocycles. The van der Waals surface area contributed by atoms with Crippen molar-refractivity contribution in [1.29, 1.82) is 0 Å². The zero-order valence-corrected chi connectivity index (χ0v) is 13.0. The van der Waals surface area contributed by atoms with Gasteiger partial charge in [-0.3, -0.25) is 4.90 Å². The second kappa shape index (κ2) is 6.69. The van der Waals surface area contributed by atoms with Gasteiger partial charge in [-0.15, -0.1) is 0 Å². The Morgan fingerprint density at radius 2 is 1.89 bits per heavy atom.